The summed E-state index contributed by atoms with van der Waals surface area (Å²) in [4.78, 5) is 0. The van der Waals surface area contributed by atoms with E-state index in [-0.39, 0.29) is 11.7 Å². The van der Waals surface area contributed by atoms with E-state index in [1.54, 1.807) is 7.05 Å². The molecular weight excluding hydrogens is 224 g/mol. The fourth-order valence-electron chi connectivity index (χ4n) is 1.97. The van der Waals surface area contributed by atoms with Gasteiger partial charge >= 0.3 is 0 Å². The molecule has 94 valence electrons. The third kappa shape index (κ3) is 4.23. The number of piperidine rings is 1. The van der Waals surface area contributed by atoms with Gasteiger partial charge in [0.2, 0.25) is 10.0 Å². The molecule has 1 atom stereocenters. The highest BCUT2D eigenvalue weighted by Crippen LogP contribution is 2.14. The van der Waals surface area contributed by atoms with E-state index in [4.69, 9.17) is 0 Å². The van der Waals surface area contributed by atoms with Gasteiger partial charge in [0.05, 0.1) is 5.75 Å². The first-order valence-electron chi connectivity index (χ1n) is 5.71. The number of hydrogen-bond donors (Lipinski definition) is 1. The van der Waals surface area contributed by atoms with Crippen LogP contribution in [0.4, 0.5) is 0 Å². The van der Waals surface area contributed by atoms with Gasteiger partial charge in [-0.1, -0.05) is 12.2 Å². The SMILES string of the molecule is C=C(C)CN(C)S(=O)(=O)CC1CCCNC1. The molecule has 0 aromatic rings. The minimum atomic E-state index is -3.12. The van der Waals surface area contributed by atoms with E-state index in [1.807, 2.05) is 6.92 Å². The van der Waals surface area contributed by atoms with Crippen molar-refractivity contribution in [3.8, 4) is 0 Å². The number of nitrogens with zero attached hydrogens (tertiary/aromatic N) is 1. The lowest BCUT2D eigenvalue weighted by Crippen LogP contribution is -2.38. The maximum atomic E-state index is 12.0. The first-order valence-corrected chi connectivity index (χ1v) is 7.32. The Bertz CT molecular complexity index is 332. The van der Waals surface area contributed by atoms with Crippen LogP contribution >= 0.6 is 0 Å². The minimum Gasteiger partial charge on any atom is -0.316 e. The Morgan fingerprint density at radius 2 is 2.25 bits per heavy atom. The predicted octanol–water partition coefficient (Wildman–Crippen LogP) is 0.824. The smallest absolute Gasteiger partial charge is 0.214 e. The van der Waals surface area contributed by atoms with Crippen LogP contribution in [0.25, 0.3) is 0 Å². The molecule has 1 heterocycles. The lowest BCUT2D eigenvalue weighted by molar-refractivity contribution is 0.394. The van der Waals surface area contributed by atoms with Crippen molar-refractivity contribution in [1.82, 2.24) is 9.62 Å². The van der Waals surface area contributed by atoms with Crippen LogP contribution < -0.4 is 5.32 Å². The predicted molar refractivity (Wildman–Crippen MR) is 66.8 cm³/mol. The normalized spacial score (nSPS) is 22.3. The zero-order valence-corrected chi connectivity index (χ0v) is 11.0. The van der Waals surface area contributed by atoms with Crippen LogP contribution in [0.3, 0.4) is 0 Å². The highest BCUT2D eigenvalue weighted by atomic mass is 32.2. The van der Waals surface area contributed by atoms with Crippen LogP contribution in [0.1, 0.15) is 19.8 Å². The summed E-state index contributed by atoms with van der Waals surface area (Å²) in [6.45, 7) is 7.83. The van der Waals surface area contributed by atoms with Gasteiger partial charge in [-0.05, 0) is 38.8 Å². The van der Waals surface area contributed by atoms with Crippen molar-refractivity contribution in [3.05, 3.63) is 12.2 Å². The molecule has 0 amide bonds. The Labute approximate surface area is 98.8 Å². The topological polar surface area (TPSA) is 49.4 Å². The van der Waals surface area contributed by atoms with E-state index < -0.39 is 10.0 Å². The lowest BCUT2D eigenvalue weighted by atomic mass is 10.0. The van der Waals surface area contributed by atoms with Gasteiger partial charge in [0.25, 0.3) is 0 Å². The Balaban J connectivity index is 2.52. The van der Waals surface area contributed by atoms with Gasteiger partial charge in [0.1, 0.15) is 0 Å². The Hall–Kier alpha value is -0.390. The molecular formula is C11H22N2O2S. The van der Waals surface area contributed by atoms with Crippen molar-refractivity contribution in [2.45, 2.75) is 19.8 Å². The second-order valence-corrected chi connectivity index (χ2v) is 6.82. The fraction of sp³-hybridized carbons (Fsp3) is 0.818. The summed E-state index contributed by atoms with van der Waals surface area (Å²) < 4.78 is 25.4. The second kappa shape index (κ2) is 5.80. The number of hydrogen-bond acceptors (Lipinski definition) is 3. The summed E-state index contributed by atoms with van der Waals surface area (Å²) >= 11 is 0. The zero-order valence-electron chi connectivity index (χ0n) is 10.2. The molecule has 0 bridgehead atoms. The first kappa shape index (κ1) is 13.7. The van der Waals surface area contributed by atoms with E-state index in [1.165, 1.54) is 4.31 Å². The molecule has 1 aliphatic rings. The molecule has 0 aromatic carbocycles. The van der Waals surface area contributed by atoms with Crippen LogP contribution in [-0.4, -0.2) is 45.2 Å². The highest BCUT2D eigenvalue weighted by molar-refractivity contribution is 7.89. The van der Waals surface area contributed by atoms with E-state index in [9.17, 15) is 8.42 Å². The van der Waals surface area contributed by atoms with Gasteiger partial charge in [-0.25, -0.2) is 12.7 Å². The van der Waals surface area contributed by atoms with Gasteiger partial charge in [-0.2, -0.15) is 0 Å². The van der Waals surface area contributed by atoms with Crippen LogP contribution in [-0.2, 0) is 10.0 Å². The summed E-state index contributed by atoms with van der Waals surface area (Å²) in [7, 11) is -1.50. The van der Waals surface area contributed by atoms with Crippen molar-refractivity contribution in [2.75, 3.05) is 32.4 Å². The molecule has 1 saturated heterocycles. The molecule has 4 nitrogen and oxygen atoms in total. The number of nitrogens with one attached hydrogen (secondary N) is 1. The van der Waals surface area contributed by atoms with Crippen LogP contribution in [0.15, 0.2) is 12.2 Å². The quantitative estimate of drug-likeness (QED) is 0.731. The lowest BCUT2D eigenvalue weighted by Gasteiger charge is -2.25. The molecule has 1 fully saturated rings. The van der Waals surface area contributed by atoms with Crippen molar-refractivity contribution >= 4 is 10.0 Å². The molecule has 1 aliphatic heterocycles. The Kier molecular flexibility index (Phi) is 4.95. The third-order valence-electron chi connectivity index (χ3n) is 2.81. The molecule has 0 aromatic heterocycles. The summed E-state index contributed by atoms with van der Waals surface area (Å²) in [6, 6.07) is 0. The van der Waals surface area contributed by atoms with Gasteiger partial charge in [0.15, 0.2) is 0 Å². The van der Waals surface area contributed by atoms with Gasteiger partial charge in [-0.3, -0.25) is 0 Å². The molecule has 0 saturated carbocycles. The monoisotopic (exact) mass is 246 g/mol. The maximum absolute atomic E-state index is 12.0. The van der Waals surface area contributed by atoms with E-state index in [0.29, 0.717) is 6.54 Å². The van der Waals surface area contributed by atoms with Gasteiger partial charge < -0.3 is 5.32 Å². The first-order chi connectivity index (χ1) is 7.42. The van der Waals surface area contributed by atoms with E-state index in [2.05, 4.69) is 11.9 Å². The van der Waals surface area contributed by atoms with E-state index in [0.717, 1.165) is 31.5 Å². The standard InChI is InChI=1S/C11H22N2O2S/c1-10(2)8-13(3)16(14,15)9-11-5-4-6-12-7-11/h11-12H,1,4-9H2,2-3H3. The highest BCUT2D eigenvalue weighted by Gasteiger charge is 2.24. The fourth-order valence-corrected chi connectivity index (χ4v) is 3.52. The Morgan fingerprint density at radius 1 is 1.56 bits per heavy atom. The van der Waals surface area contributed by atoms with Crippen LogP contribution in [0.2, 0.25) is 0 Å². The molecule has 1 N–H and O–H groups in total. The Morgan fingerprint density at radius 3 is 2.75 bits per heavy atom. The third-order valence-corrected chi connectivity index (χ3v) is 4.78. The second-order valence-electron chi connectivity index (χ2n) is 4.70. The summed E-state index contributed by atoms with van der Waals surface area (Å²) in [6.07, 6.45) is 2.08. The number of sulfonamides is 1. The van der Waals surface area contributed by atoms with E-state index >= 15 is 0 Å². The maximum Gasteiger partial charge on any atom is 0.214 e. The molecule has 0 aliphatic carbocycles. The molecule has 5 heteroatoms. The van der Waals surface area contributed by atoms with Gasteiger partial charge in [0, 0.05) is 13.6 Å². The summed E-state index contributed by atoms with van der Waals surface area (Å²) in [5, 5.41) is 3.24. The van der Waals surface area contributed by atoms with Crippen LogP contribution in [0.5, 0.6) is 0 Å². The zero-order chi connectivity index (χ0) is 12.2. The largest absolute Gasteiger partial charge is 0.316 e. The molecule has 1 unspecified atom stereocenters. The minimum absolute atomic E-state index is 0.254. The molecule has 16 heavy (non-hydrogen) atoms. The van der Waals surface area contributed by atoms with Crippen molar-refractivity contribution in [3.63, 3.8) is 0 Å². The van der Waals surface area contributed by atoms with Gasteiger partial charge in [-0.15, -0.1) is 0 Å². The van der Waals surface area contributed by atoms with Crippen molar-refractivity contribution < 1.29 is 8.42 Å². The average Bonchev–Trinajstić information content (AvgIpc) is 2.17. The number of rotatable bonds is 5. The summed E-state index contributed by atoms with van der Waals surface area (Å²) in [5.74, 6) is 0.510. The molecule has 1 rings (SSSR count). The average molecular weight is 246 g/mol. The number of likely N-dealkylation sites (N-methyl/N-ethyl adjacent to an activating group) is 1. The van der Waals surface area contributed by atoms with Crippen LogP contribution in [0, 0.1) is 5.92 Å². The van der Waals surface area contributed by atoms with Crippen molar-refractivity contribution in [2.24, 2.45) is 5.92 Å². The van der Waals surface area contributed by atoms with Crippen molar-refractivity contribution in [1.29, 1.82) is 0 Å². The molecule has 0 radical (unpaired) electrons. The summed E-state index contributed by atoms with van der Waals surface area (Å²) in [5.41, 5.74) is 0.868. The molecule has 0 spiro atoms.